The zero-order valence-corrected chi connectivity index (χ0v) is 10.4. The molecule has 2 aliphatic rings. The first-order valence-corrected chi connectivity index (χ1v) is 6.50. The molecule has 2 rings (SSSR count). The molecule has 0 aliphatic carbocycles. The lowest BCUT2D eigenvalue weighted by molar-refractivity contribution is -0.141. The van der Waals surface area contributed by atoms with Crippen molar-refractivity contribution in [2.24, 2.45) is 11.8 Å². The maximum absolute atomic E-state index is 11.8. The molecule has 6 heteroatoms. The number of urea groups is 1. The van der Waals surface area contributed by atoms with Gasteiger partial charge in [-0.3, -0.25) is 4.79 Å². The van der Waals surface area contributed by atoms with Crippen LogP contribution in [0.5, 0.6) is 0 Å². The number of nitrogens with zero attached hydrogens (tertiary/aromatic N) is 1. The van der Waals surface area contributed by atoms with Crippen molar-refractivity contribution in [2.45, 2.75) is 19.3 Å². The van der Waals surface area contributed by atoms with Gasteiger partial charge in [-0.15, -0.1) is 0 Å². The van der Waals surface area contributed by atoms with Crippen LogP contribution in [0, 0.1) is 11.8 Å². The number of hydrogen-bond donors (Lipinski definition) is 2. The Morgan fingerprint density at radius 2 is 2.00 bits per heavy atom. The quantitative estimate of drug-likeness (QED) is 0.772. The van der Waals surface area contributed by atoms with Gasteiger partial charge in [-0.2, -0.15) is 0 Å². The van der Waals surface area contributed by atoms with Crippen molar-refractivity contribution in [3.63, 3.8) is 0 Å². The normalized spacial score (nSPS) is 25.1. The highest BCUT2D eigenvalue weighted by Crippen LogP contribution is 2.17. The van der Waals surface area contributed by atoms with E-state index in [0.29, 0.717) is 32.0 Å². The van der Waals surface area contributed by atoms with Gasteiger partial charge in [-0.25, -0.2) is 4.79 Å². The van der Waals surface area contributed by atoms with E-state index >= 15 is 0 Å². The molecule has 2 fully saturated rings. The summed E-state index contributed by atoms with van der Waals surface area (Å²) in [4.78, 5) is 24.2. The van der Waals surface area contributed by atoms with Crippen molar-refractivity contribution in [3.8, 4) is 0 Å². The van der Waals surface area contributed by atoms with Gasteiger partial charge in [0.2, 0.25) is 0 Å². The second-order valence-electron chi connectivity index (χ2n) is 5.01. The number of rotatable bonds is 3. The molecule has 2 amide bonds. The summed E-state index contributed by atoms with van der Waals surface area (Å²) >= 11 is 0. The van der Waals surface area contributed by atoms with E-state index in [9.17, 15) is 9.59 Å². The van der Waals surface area contributed by atoms with Gasteiger partial charge in [0.05, 0.1) is 5.92 Å². The molecule has 0 saturated carbocycles. The summed E-state index contributed by atoms with van der Waals surface area (Å²) in [5.41, 5.74) is 0. The fraction of sp³-hybridized carbons (Fsp3) is 0.833. The van der Waals surface area contributed by atoms with Crippen LogP contribution in [0.4, 0.5) is 4.79 Å². The number of carbonyl (C=O) groups is 2. The standard InChI is InChI=1S/C12H20N2O4/c15-11(16)10-1-4-14(8-10)12(17)13-7-9-2-5-18-6-3-9/h9-10H,1-8H2,(H,13,17)(H,15,16). The van der Waals surface area contributed by atoms with Crippen molar-refractivity contribution in [1.82, 2.24) is 10.2 Å². The minimum Gasteiger partial charge on any atom is -0.481 e. The van der Waals surface area contributed by atoms with E-state index in [1.54, 1.807) is 4.90 Å². The van der Waals surface area contributed by atoms with Crippen LogP contribution in [0.2, 0.25) is 0 Å². The molecule has 1 atom stereocenters. The van der Waals surface area contributed by atoms with E-state index in [2.05, 4.69) is 5.32 Å². The van der Waals surface area contributed by atoms with Crippen LogP contribution in [0.15, 0.2) is 0 Å². The molecule has 6 nitrogen and oxygen atoms in total. The third-order valence-electron chi connectivity index (χ3n) is 3.71. The number of amides is 2. The lowest BCUT2D eigenvalue weighted by atomic mass is 10.0. The van der Waals surface area contributed by atoms with Gasteiger partial charge in [0.1, 0.15) is 0 Å². The van der Waals surface area contributed by atoms with Crippen LogP contribution in [0.3, 0.4) is 0 Å². The van der Waals surface area contributed by atoms with Crippen LogP contribution in [-0.2, 0) is 9.53 Å². The maximum Gasteiger partial charge on any atom is 0.317 e. The molecule has 2 heterocycles. The SMILES string of the molecule is O=C(O)C1CCN(C(=O)NCC2CCOCC2)C1. The summed E-state index contributed by atoms with van der Waals surface area (Å²) in [6.07, 6.45) is 2.52. The molecule has 0 bridgehead atoms. The molecule has 2 N–H and O–H groups in total. The van der Waals surface area contributed by atoms with Crippen LogP contribution in [-0.4, -0.2) is 54.9 Å². The van der Waals surface area contributed by atoms with E-state index in [1.165, 1.54) is 0 Å². The molecule has 0 radical (unpaired) electrons. The van der Waals surface area contributed by atoms with Gasteiger partial charge in [0.15, 0.2) is 0 Å². The van der Waals surface area contributed by atoms with Gasteiger partial charge < -0.3 is 20.1 Å². The Labute approximate surface area is 106 Å². The molecule has 0 aromatic carbocycles. The van der Waals surface area contributed by atoms with Crippen molar-refractivity contribution in [3.05, 3.63) is 0 Å². The zero-order chi connectivity index (χ0) is 13.0. The molecular formula is C12H20N2O4. The summed E-state index contributed by atoms with van der Waals surface area (Å²) in [7, 11) is 0. The summed E-state index contributed by atoms with van der Waals surface area (Å²) in [6, 6.07) is -0.134. The molecule has 102 valence electrons. The summed E-state index contributed by atoms with van der Waals surface area (Å²) in [5, 5.41) is 11.8. The van der Waals surface area contributed by atoms with Gasteiger partial charge in [0.25, 0.3) is 0 Å². The Morgan fingerprint density at radius 1 is 1.28 bits per heavy atom. The van der Waals surface area contributed by atoms with Crippen molar-refractivity contribution < 1.29 is 19.4 Å². The molecular weight excluding hydrogens is 236 g/mol. The summed E-state index contributed by atoms with van der Waals surface area (Å²) in [5.74, 6) is -0.728. The summed E-state index contributed by atoms with van der Waals surface area (Å²) in [6.45, 7) is 3.07. The Morgan fingerprint density at radius 3 is 2.61 bits per heavy atom. The second kappa shape index (κ2) is 6.04. The van der Waals surface area contributed by atoms with Crippen molar-refractivity contribution in [1.29, 1.82) is 0 Å². The van der Waals surface area contributed by atoms with Gasteiger partial charge >= 0.3 is 12.0 Å². The zero-order valence-electron chi connectivity index (χ0n) is 10.4. The topological polar surface area (TPSA) is 78.9 Å². The predicted octanol–water partition coefficient (Wildman–Crippen LogP) is 0.529. The van der Waals surface area contributed by atoms with Crippen molar-refractivity contribution >= 4 is 12.0 Å². The lowest BCUT2D eigenvalue weighted by Gasteiger charge is -2.24. The first-order valence-electron chi connectivity index (χ1n) is 6.50. The number of likely N-dealkylation sites (tertiary alicyclic amines) is 1. The van der Waals surface area contributed by atoms with E-state index < -0.39 is 11.9 Å². The Kier molecular flexibility index (Phi) is 4.41. The maximum atomic E-state index is 11.8. The van der Waals surface area contributed by atoms with Crippen molar-refractivity contribution in [2.75, 3.05) is 32.8 Å². The smallest absolute Gasteiger partial charge is 0.317 e. The Hall–Kier alpha value is -1.30. The average molecular weight is 256 g/mol. The predicted molar refractivity (Wildman–Crippen MR) is 64.3 cm³/mol. The highest BCUT2D eigenvalue weighted by Gasteiger charge is 2.30. The number of hydrogen-bond acceptors (Lipinski definition) is 3. The van der Waals surface area contributed by atoms with Crippen LogP contribution < -0.4 is 5.32 Å². The molecule has 0 aromatic rings. The molecule has 1 unspecified atom stereocenters. The molecule has 0 aromatic heterocycles. The van der Waals surface area contributed by atoms with Gasteiger partial charge in [-0.1, -0.05) is 0 Å². The van der Waals surface area contributed by atoms with E-state index in [-0.39, 0.29) is 6.03 Å². The monoisotopic (exact) mass is 256 g/mol. The van der Waals surface area contributed by atoms with Crippen LogP contribution >= 0.6 is 0 Å². The fourth-order valence-electron chi connectivity index (χ4n) is 2.44. The fourth-order valence-corrected chi connectivity index (χ4v) is 2.44. The highest BCUT2D eigenvalue weighted by molar-refractivity contribution is 5.77. The van der Waals surface area contributed by atoms with E-state index in [0.717, 1.165) is 26.1 Å². The van der Waals surface area contributed by atoms with Crippen LogP contribution in [0.25, 0.3) is 0 Å². The number of aliphatic carboxylic acids is 1. The van der Waals surface area contributed by atoms with Gasteiger partial charge in [-0.05, 0) is 25.2 Å². The highest BCUT2D eigenvalue weighted by atomic mass is 16.5. The molecule has 2 saturated heterocycles. The van der Waals surface area contributed by atoms with E-state index in [4.69, 9.17) is 9.84 Å². The third-order valence-corrected chi connectivity index (χ3v) is 3.71. The minimum atomic E-state index is -0.810. The Balaban J connectivity index is 1.70. The molecule has 2 aliphatic heterocycles. The first kappa shape index (κ1) is 13.1. The number of carboxylic acids is 1. The number of ether oxygens (including phenoxy) is 1. The average Bonchev–Trinajstić information content (AvgIpc) is 2.87. The summed E-state index contributed by atoms with van der Waals surface area (Å²) < 4.78 is 5.26. The number of carbonyl (C=O) groups excluding carboxylic acids is 1. The number of nitrogens with one attached hydrogen (secondary N) is 1. The first-order chi connectivity index (χ1) is 8.66. The lowest BCUT2D eigenvalue weighted by Crippen LogP contribution is -2.41. The minimum absolute atomic E-state index is 0.134. The third kappa shape index (κ3) is 3.35. The van der Waals surface area contributed by atoms with Crippen LogP contribution in [0.1, 0.15) is 19.3 Å². The Bertz CT molecular complexity index is 315. The molecule has 0 spiro atoms. The van der Waals surface area contributed by atoms with Gasteiger partial charge in [0, 0.05) is 32.8 Å². The van der Waals surface area contributed by atoms with E-state index in [1.807, 2.05) is 0 Å². The second-order valence-corrected chi connectivity index (χ2v) is 5.01. The largest absolute Gasteiger partial charge is 0.481 e. The molecule has 18 heavy (non-hydrogen) atoms. The number of carboxylic acid groups (broad SMARTS) is 1.